The lowest BCUT2D eigenvalue weighted by Crippen LogP contribution is -1.85. The van der Waals surface area contributed by atoms with Gasteiger partial charge in [0.25, 0.3) is 0 Å². The van der Waals surface area contributed by atoms with Gasteiger partial charge in [-0.05, 0) is 69.1 Å². The van der Waals surface area contributed by atoms with Crippen molar-refractivity contribution in [1.82, 2.24) is 0 Å². The van der Waals surface area contributed by atoms with Crippen LogP contribution in [0.2, 0.25) is 0 Å². The zero-order valence-electron chi connectivity index (χ0n) is 15.0. The van der Waals surface area contributed by atoms with Crippen LogP contribution < -0.4 is 0 Å². The predicted molar refractivity (Wildman–Crippen MR) is 114 cm³/mol. The maximum absolute atomic E-state index is 2.54. The highest BCUT2D eigenvalue weighted by Crippen LogP contribution is 2.23. The maximum atomic E-state index is 2.54. The second-order valence-corrected chi connectivity index (χ2v) is 7.73. The van der Waals surface area contributed by atoms with Gasteiger partial charge in [0.1, 0.15) is 0 Å². The third-order valence-electron chi connectivity index (χ3n) is 4.08. The highest BCUT2D eigenvalue weighted by molar-refractivity contribution is 14.1. The molecule has 0 saturated heterocycles. The van der Waals surface area contributed by atoms with Gasteiger partial charge >= 0.3 is 0 Å². The van der Waals surface area contributed by atoms with E-state index in [-0.39, 0.29) is 0 Å². The van der Waals surface area contributed by atoms with E-state index in [0.29, 0.717) is 0 Å². The van der Waals surface area contributed by atoms with E-state index in [2.05, 4.69) is 78.9 Å². The number of rotatable bonds is 12. The van der Waals surface area contributed by atoms with Gasteiger partial charge in [0.2, 0.25) is 0 Å². The van der Waals surface area contributed by atoms with Crippen molar-refractivity contribution in [2.75, 3.05) is 0 Å². The van der Waals surface area contributed by atoms with Crippen molar-refractivity contribution in [2.45, 2.75) is 78.1 Å². The quantitative estimate of drug-likeness (QED) is 0.180. The third kappa shape index (κ3) is 10.8. The Kier molecular flexibility index (Phi) is 12.3. The first-order valence-electron chi connectivity index (χ1n) is 9.38. The summed E-state index contributed by atoms with van der Waals surface area (Å²) < 4.78 is 1.51. The summed E-state index contributed by atoms with van der Waals surface area (Å²) in [6.07, 6.45) is 18.0. The number of benzene rings is 1. The largest absolute Gasteiger partial charge is 0.0654 e. The monoisotopic (exact) mass is 424 g/mol. The fraction of sp³-hybridized carbons (Fsp3) is 0.545. The summed E-state index contributed by atoms with van der Waals surface area (Å²) in [4.78, 5) is 0. The normalized spacial score (nSPS) is 12.7. The molecular formula is C22H33I. The molecule has 1 aromatic rings. The molecule has 1 rings (SSSR count). The average Bonchev–Trinajstić information content (AvgIpc) is 2.56. The second kappa shape index (κ2) is 13.8. The van der Waals surface area contributed by atoms with E-state index in [0.717, 1.165) is 0 Å². The molecule has 1 heteroatoms. The van der Waals surface area contributed by atoms with E-state index in [1.54, 1.807) is 0 Å². The Morgan fingerprint density at radius 1 is 0.826 bits per heavy atom. The number of hydrogen-bond acceptors (Lipinski definition) is 0. The van der Waals surface area contributed by atoms with Gasteiger partial charge in [-0.1, -0.05) is 88.8 Å². The standard InChI is InChI=1S/C22H33I/c1-3-5-7-10-16-21(18-20-14-11-9-12-15-20)19-22(23)17-13-8-6-4-2/h9,11-12,14-15,18-19H,3-8,10,13,16-17H2,1-2H3/b21-18+,22-19-. The van der Waals surface area contributed by atoms with E-state index >= 15 is 0 Å². The summed E-state index contributed by atoms with van der Waals surface area (Å²) in [5, 5.41) is 0. The zero-order valence-corrected chi connectivity index (χ0v) is 17.1. The minimum absolute atomic E-state index is 1.20. The Balaban J connectivity index is 2.64. The Morgan fingerprint density at radius 3 is 2.04 bits per heavy atom. The first-order valence-corrected chi connectivity index (χ1v) is 10.5. The van der Waals surface area contributed by atoms with Crippen molar-refractivity contribution >= 4 is 28.7 Å². The number of unbranched alkanes of at least 4 members (excludes halogenated alkanes) is 6. The summed E-state index contributed by atoms with van der Waals surface area (Å²) in [6.45, 7) is 4.55. The molecule has 0 heterocycles. The van der Waals surface area contributed by atoms with E-state index in [9.17, 15) is 0 Å². The minimum atomic E-state index is 1.20. The summed E-state index contributed by atoms with van der Waals surface area (Å²) in [6, 6.07) is 10.7. The molecule has 0 aliphatic carbocycles. The number of hydrogen-bond donors (Lipinski definition) is 0. The first kappa shape index (κ1) is 20.5. The summed E-state index contributed by atoms with van der Waals surface area (Å²) >= 11 is 2.54. The Morgan fingerprint density at radius 2 is 1.43 bits per heavy atom. The van der Waals surface area contributed by atoms with Crippen molar-refractivity contribution in [3.05, 3.63) is 51.1 Å². The molecule has 0 radical (unpaired) electrons. The molecule has 0 aliphatic rings. The lowest BCUT2D eigenvalue weighted by molar-refractivity contribution is 0.666. The molecule has 0 atom stereocenters. The number of halogens is 1. The molecule has 128 valence electrons. The smallest absolute Gasteiger partial charge is 0.00913 e. The minimum Gasteiger partial charge on any atom is -0.0654 e. The van der Waals surface area contributed by atoms with E-state index in [4.69, 9.17) is 0 Å². The summed E-state index contributed by atoms with van der Waals surface area (Å²) in [5.74, 6) is 0. The van der Waals surface area contributed by atoms with Gasteiger partial charge in [-0.15, -0.1) is 0 Å². The van der Waals surface area contributed by atoms with Crippen molar-refractivity contribution < 1.29 is 0 Å². The van der Waals surface area contributed by atoms with Crippen LogP contribution in [0.5, 0.6) is 0 Å². The van der Waals surface area contributed by atoms with Crippen LogP contribution in [-0.2, 0) is 0 Å². The summed E-state index contributed by atoms with van der Waals surface area (Å²) in [5.41, 5.74) is 2.82. The lowest BCUT2D eigenvalue weighted by Gasteiger charge is -2.06. The molecule has 0 amide bonds. The molecule has 0 unspecified atom stereocenters. The highest BCUT2D eigenvalue weighted by atomic mass is 127. The van der Waals surface area contributed by atoms with Crippen molar-refractivity contribution in [1.29, 1.82) is 0 Å². The van der Waals surface area contributed by atoms with Gasteiger partial charge in [0.05, 0.1) is 0 Å². The van der Waals surface area contributed by atoms with Crippen LogP contribution >= 0.6 is 22.6 Å². The molecule has 0 bridgehead atoms. The Labute approximate surface area is 157 Å². The first-order chi connectivity index (χ1) is 11.3. The third-order valence-corrected chi connectivity index (χ3v) is 4.93. The Bertz CT molecular complexity index is 456. The van der Waals surface area contributed by atoms with Gasteiger partial charge in [0, 0.05) is 0 Å². The van der Waals surface area contributed by atoms with Crippen LogP contribution in [0.4, 0.5) is 0 Å². The topological polar surface area (TPSA) is 0 Å². The molecule has 0 fully saturated rings. The maximum Gasteiger partial charge on any atom is -0.00913 e. The molecule has 0 N–H and O–H groups in total. The van der Waals surface area contributed by atoms with Gasteiger partial charge < -0.3 is 0 Å². The van der Waals surface area contributed by atoms with Gasteiger partial charge in [-0.3, -0.25) is 0 Å². The van der Waals surface area contributed by atoms with Crippen molar-refractivity contribution in [2.24, 2.45) is 0 Å². The average molecular weight is 424 g/mol. The van der Waals surface area contributed by atoms with Crippen LogP contribution in [0.15, 0.2) is 45.6 Å². The summed E-state index contributed by atoms with van der Waals surface area (Å²) in [7, 11) is 0. The second-order valence-electron chi connectivity index (χ2n) is 6.34. The number of allylic oxidation sites excluding steroid dienone is 3. The molecule has 23 heavy (non-hydrogen) atoms. The lowest BCUT2D eigenvalue weighted by atomic mass is 10.0. The Hall–Kier alpha value is -0.570. The fourth-order valence-corrected chi connectivity index (χ4v) is 3.48. The van der Waals surface area contributed by atoms with E-state index in [1.807, 2.05) is 0 Å². The molecule has 1 aromatic carbocycles. The van der Waals surface area contributed by atoms with Crippen LogP contribution in [0.25, 0.3) is 6.08 Å². The highest BCUT2D eigenvalue weighted by Gasteiger charge is 1.99. The molecule has 0 nitrogen and oxygen atoms in total. The van der Waals surface area contributed by atoms with E-state index in [1.165, 1.54) is 78.9 Å². The molecule has 0 saturated carbocycles. The van der Waals surface area contributed by atoms with Gasteiger partial charge in [0.15, 0.2) is 0 Å². The molecule has 0 spiro atoms. The van der Waals surface area contributed by atoms with Crippen molar-refractivity contribution in [3.8, 4) is 0 Å². The fourth-order valence-electron chi connectivity index (χ4n) is 2.70. The van der Waals surface area contributed by atoms with Crippen LogP contribution in [-0.4, -0.2) is 0 Å². The molecule has 0 aromatic heterocycles. The van der Waals surface area contributed by atoms with Crippen molar-refractivity contribution in [3.63, 3.8) is 0 Å². The van der Waals surface area contributed by atoms with Gasteiger partial charge in [-0.2, -0.15) is 0 Å². The van der Waals surface area contributed by atoms with Crippen LogP contribution in [0.1, 0.15) is 83.6 Å². The molecule has 0 aliphatic heterocycles. The SMILES string of the molecule is CCCCCC/C(I)=C/C(=C/c1ccccc1)CCCCCC. The van der Waals surface area contributed by atoms with Crippen LogP contribution in [0.3, 0.4) is 0 Å². The van der Waals surface area contributed by atoms with Crippen LogP contribution in [0, 0.1) is 0 Å². The molecular weight excluding hydrogens is 391 g/mol. The zero-order chi connectivity index (χ0) is 16.8. The van der Waals surface area contributed by atoms with E-state index < -0.39 is 0 Å². The predicted octanol–water partition coefficient (Wildman–Crippen LogP) is 8.33. The van der Waals surface area contributed by atoms with Gasteiger partial charge in [-0.25, -0.2) is 0 Å².